The number of methoxy groups -OCH3 is 1. The van der Waals surface area contributed by atoms with Crippen molar-refractivity contribution < 1.29 is 14.6 Å². The Morgan fingerprint density at radius 3 is 2.31 bits per heavy atom. The Bertz CT molecular complexity index is 708. The number of aromatic hydroxyl groups is 1. The number of anilines is 1. The lowest BCUT2D eigenvalue weighted by Crippen LogP contribution is -2.49. The van der Waals surface area contributed by atoms with Crippen molar-refractivity contribution in [2.24, 2.45) is 0 Å². The van der Waals surface area contributed by atoms with E-state index >= 15 is 0 Å². The molecule has 0 unspecified atom stereocenters. The zero-order chi connectivity index (χ0) is 18.4. The minimum absolute atomic E-state index is 0.0406. The average molecular weight is 355 g/mol. The molecule has 2 N–H and O–H groups in total. The molecule has 0 saturated carbocycles. The second-order valence-corrected chi connectivity index (χ2v) is 6.40. The molecule has 138 valence electrons. The predicted octanol–water partition coefficient (Wildman–Crippen LogP) is 1.84. The molecule has 0 radical (unpaired) electrons. The number of phenolic OH excluding ortho intramolecular Hbond substituents is 1. The summed E-state index contributed by atoms with van der Waals surface area (Å²) in [6.45, 7) is 4.37. The first kappa shape index (κ1) is 18.1. The van der Waals surface area contributed by atoms with Crippen molar-refractivity contribution in [1.29, 1.82) is 0 Å². The largest absolute Gasteiger partial charge is 0.508 e. The summed E-state index contributed by atoms with van der Waals surface area (Å²) in [5.41, 5.74) is 2.16. The molecule has 6 nitrogen and oxygen atoms in total. The zero-order valence-corrected chi connectivity index (χ0v) is 15.0. The van der Waals surface area contributed by atoms with Crippen LogP contribution in [0, 0.1) is 0 Å². The number of piperazine rings is 1. The van der Waals surface area contributed by atoms with E-state index in [1.807, 2.05) is 36.4 Å². The van der Waals surface area contributed by atoms with Crippen LogP contribution < -0.4 is 15.0 Å². The number of carbonyl (C=O) groups is 1. The minimum Gasteiger partial charge on any atom is -0.508 e. The van der Waals surface area contributed by atoms with Crippen molar-refractivity contribution in [3.05, 3.63) is 54.1 Å². The lowest BCUT2D eigenvalue weighted by Gasteiger charge is -2.35. The lowest BCUT2D eigenvalue weighted by atomic mass is 10.2. The Hall–Kier alpha value is -2.73. The molecule has 26 heavy (non-hydrogen) atoms. The highest BCUT2D eigenvalue weighted by molar-refractivity contribution is 5.78. The van der Waals surface area contributed by atoms with Crippen molar-refractivity contribution in [3.63, 3.8) is 0 Å². The van der Waals surface area contributed by atoms with Crippen LogP contribution in [-0.2, 0) is 11.3 Å². The molecule has 1 heterocycles. The number of nitrogens with one attached hydrogen (secondary N) is 1. The molecule has 1 aliphatic heterocycles. The molecule has 0 aromatic heterocycles. The molecule has 0 spiro atoms. The molecule has 6 heteroatoms. The topological polar surface area (TPSA) is 65.0 Å². The van der Waals surface area contributed by atoms with Gasteiger partial charge in [0.15, 0.2) is 0 Å². The van der Waals surface area contributed by atoms with Crippen LogP contribution in [0.5, 0.6) is 11.5 Å². The van der Waals surface area contributed by atoms with Gasteiger partial charge in [-0.2, -0.15) is 0 Å². The number of rotatable bonds is 6. The third-order valence-corrected chi connectivity index (χ3v) is 4.60. The van der Waals surface area contributed by atoms with Crippen molar-refractivity contribution in [3.8, 4) is 11.5 Å². The monoisotopic (exact) mass is 355 g/mol. The van der Waals surface area contributed by atoms with Gasteiger partial charge in [-0.05, 0) is 42.0 Å². The van der Waals surface area contributed by atoms with Gasteiger partial charge in [0.1, 0.15) is 11.5 Å². The molecule has 1 saturated heterocycles. The molecular weight excluding hydrogens is 330 g/mol. The number of hydrogen-bond donors (Lipinski definition) is 2. The highest BCUT2D eigenvalue weighted by Crippen LogP contribution is 2.19. The summed E-state index contributed by atoms with van der Waals surface area (Å²) in [7, 11) is 1.64. The summed E-state index contributed by atoms with van der Waals surface area (Å²) in [5, 5.41) is 12.3. The van der Waals surface area contributed by atoms with Gasteiger partial charge in [-0.15, -0.1) is 0 Å². The van der Waals surface area contributed by atoms with Gasteiger partial charge in [0.05, 0.1) is 13.7 Å². The minimum atomic E-state index is 0.0406. The fourth-order valence-electron chi connectivity index (χ4n) is 3.03. The SMILES string of the molecule is COc1ccc(CNC(=O)CN2CCN(c3ccc(O)cc3)CC2)cc1. The van der Waals surface area contributed by atoms with Crippen LogP contribution >= 0.6 is 0 Å². The normalized spacial score (nSPS) is 14.9. The molecule has 1 aliphatic rings. The second kappa shape index (κ2) is 8.58. The third kappa shape index (κ3) is 4.89. The molecule has 0 atom stereocenters. The van der Waals surface area contributed by atoms with Gasteiger partial charge < -0.3 is 20.1 Å². The second-order valence-electron chi connectivity index (χ2n) is 6.40. The van der Waals surface area contributed by atoms with E-state index in [1.54, 1.807) is 19.2 Å². The zero-order valence-electron chi connectivity index (χ0n) is 15.0. The number of phenols is 1. The van der Waals surface area contributed by atoms with Gasteiger partial charge in [-0.3, -0.25) is 9.69 Å². The summed E-state index contributed by atoms with van der Waals surface area (Å²) in [4.78, 5) is 16.6. The van der Waals surface area contributed by atoms with Crippen LogP contribution in [0.25, 0.3) is 0 Å². The van der Waals surface area contributed by atoms with Gasteiger partial charge in [0, 0.05) is 38.4 Å². The summed E-state index contributed by atoms with van der Waals surface area (Å²) >= 11 is 0. The molecule has 0 bridgehead atoms. The van der Waals surface area contributed by atoms with E-state index < -0.39 is 0 Å². The van der Waals surface area contributed by atoms with Crippen LogP contribution in [0.15, 0.2) is 48.5 Å². The van der Waals surface area contributed by atoms with Crippen LogP contribution in [0.1, 0.15) is 5.56 Å². The van der Waals surface area contributed by atoms with E-state index in [1.165, 1.54) is 0 Å². The van der Waals surface area contributed by atoms with E-state index in [2.05, 4.69) is 15.1 Å². The first-order valence-electron chi connectivity index (χ1n) is 8.80. The molecular formula is C20H25N3O3. The number of ether oxygens (including phenoxy) is 1. The summed E-state index contributed by atoms with van der Waals surface area (Å²) in [5.74, 6) is 1.13. The molecule has 0 aliphatic carbocycles. The Balaban J connectivity index is 1.40. The number of carbonyl (C=O) groups excluding carboxylic acids is 1. The Kier molecular flexibility index (Phi) is 5.96. The average Bonchev–Trinajstić information content (AvgIpc) is 2.68. The number of benzene rings is 2. The number of amides is 1. The number of hydrogen-bond acceptors (Lipinski definition) is 5. The molecule has 1 amide bonds. The van der Waals surface area contributed by atoms with E-state index in [0.717, 1.165) is 43.2 Å². The maximum Gasteiger partial charge on any atom is 0.234 e. The number of nitrogens with zero attached hydrogens (tertiary/aromatic N) is 2. The maximum atomic E-state index is 12.2. The fraction of sp³-hybridized carbons (Fsp3) is 0.350. The van der Waals surface area contributed by atoms with E-state index in [4.69, 9.17) is 4.74 Å². The lowest BCUT2D eigenvalue weighted by molar-refractivity contribution is -0.122. The van der Waals surface area contributed by atoms with Crippen molar-refractivity contribution >= 4 is 11.6 Å². The van der Waals surface area contributed by atoms with Gasteiger partial charge in [0.2, 0.25) is 5.91 Å². The first-order chi connectivity index (χ1) is 12.6. The summed E-state index contributed by atoms with van der Waals surface area (Å²) in [6, 6.07) is 14.9. The molecule has 2 aromatic rings. The Morgan fingerprint density at radius 1 is 1.04 bits per heavy atom. The van der Waals surface area contributed by atoms with Crippen molar-refractivity contribution in [1.82, 2.24) is 10.2 Å². The standard InChI is InChI=1S/C20H25N3O3/c1-26-19-8-2-16(3-9-19)14-21-20(25)15-22-10-12-23(13-11-22)17-4-6-18(24)7-5-17/h2-9,24H,10-15H2,1H3,(H,21,25). The van der Waals surface area contributed by atoms with Crippen LogP contribution in [0.2, 0.25) is 0 Å². The summed E-state index contributed by atoms with van der Waals surface area (Å²) in [6.07, 6.45) is 0. The van der Waals surface area contributed by atoms with Crippen LogP contribution in [0.3, 0.4) is 0 Å². The third-order valence-electron chi connectivity index (χ3n) is 4.60. The predicted molar refractivity (Wildman–Crippen MR) is 102 cm³/mol. The van der Waals surface area contributed by atoms with Crippen LogP contribution in [0.4, 0.5) is 5.69 Å². The van der Waals surface area contributed by atoms with Crippen LogP contribution in [-0.4, -0.2) is 55.7 Å². The van der Waals surface area contributed by atoms with E-state index in [-0.39, 0.29) is 11.7 Å². The van der Waals surface area contributed by atoms with Gasteiger partial charge in [-0.1, -0.05) is 12.1 Å². The highest BCUT2D eigenvalue weighted by atomic mass is 16.5. The Labute approximate surface area is 154 Å². The first-order valence-corrected chi connectivity index (χ1v) is 8.80. The Morgan fingerprint density at radius 2 is 1.69 bits per heavy atom. The van der Waals surface area contributed by atoms with Gasteiger partial charge >= 0.3 is 0 Å². The smallest absolute Gasteiger partial charge is 0.234 e. The molecule has 2 aromatic carbocycles. The highest BCUT2D eigenvalue weighted by Gasteiger charge is 2.19. The van der Waals surface area contributed by atoms with Crippen molar-refractivity contribution in [2.75, 3.05) is 44.7 Å². The quantitative estimate of drug-likeness (QED) is 0.828. The fourth-order valence-corrected chi connectivity index (χ4v) is 3.03. The summed E-state index contributed by atoms with van der Waals surface area (Å²) < 4.78 is 5.13. The molecule has 3 rings (SSSR count). The van der Waals surface area contributed by atoms with Gasteiger partial charge in [-0.25, -0.2) is 0 Å². The molecule has 1 fully saturated rings. The van der Waals surface area contributed by atoms with E-state index in [0.29, 0.717) is 13.1 Å². The van der Waals surface area contributed by atoms with Gasteiger partial charge in [0.25, 0.3) is 0 Å². The van der Waals surface area contributed by atoms with Crippen molar-refractivity contribution in [2.45, 2.75) is 6.54 Å². The van der Waals surface area contributed by atoms with E-state index in [9.17, 15) is 9.90 Å². The maximum absolute atomic E-state index is 12.2.